The highest BCUT2D eigenvalue weighted by atomic mass is 35.5. The normalized spacial score (nSPS) is 12.7. The third-order valence-electron chi connectivity index (χ3n) is 2.23. The van der Waals surface area contributed by atoms with Gasteiger partial charge in [-0.2, -0.15) is 0 Å². The molecule has 0 amide bonds. The van der Waals surface area contributed by atoms with Crippen LogP contribution in [0.3, 0.4) is 0 Å². The molecule has 0 aromatic carbocycles. The van der Waals surface area contributed by atoms with Gasteiger partial charge in [0.1, 0.15) is 5.15 Å². The van der Waals surface area contributed by atoms with E-state index in [4.69, 9.17) is 16.3 Å². The first-order chi connectivity index (χ1) is 7.25. The molecule has 84 valence electrons. The predicted molar refractivity (Wildman–Crippen MR) is 62.2 cm³/mol. The number of ether oxygens (including phenoxy) is 1. The van der Waals surface area contributed by atoms with Crippen LogP contribution in [0, 0.1) is 0 Å². The van der Waals surface area contributed by atoms with Crippen LogP contribution in [-0.2, 0) is 4.74 Å². The highest BCUT2D eigenvalue weighted by molar-refractivity contribution is 6.30. The fraction of sp³-hybridized carbons (Fsp3) is 0.545. The standard InChI is InChI=1S/C11H17ClN2O/c1-9(13-7-4-8-15-2)10-5-3-6-14-11(10)12/h3,5-6,9,13H,4,7-8H2,1-2H3. The molecule has 3 nitrogen and oxygen atoms in total. The van der Waals surface area contributed by atoms with Gasteiger partial charge in [-0.3, -0.25) is 0 Å². The lowest BCUT2D eigenvalue weighted by molar-refractivity contribution is 0.193. The molecule has 0 radical (unpaired) electrons. The predicted octanol–water partition coefficient (Wildman–Crippen LogP) is 2.42. The van der Waals surface area contributed by atoms with Crippen molar-refractivity contribution in [3.8, 4) is 0 Å². The summed E-state index contributed by atoms with van der Waals surface area (Å²) in [6, 6.07) is 4.11. The molecule has 0 aliphatic carbocycles. The number of aromatic nitrogens is 1. The topological polar surface area (TPSA) is 34.1 Å². The van der Waals surface area contributed by atoms with Gasteiger partial charge in [0.2, 0.25) is 0 Å². The van der Waals surface area contributed by atoms with E-state index in [1.807, 2.05) is 12.1 Å². The van der Waals surface area contributed by atoms with Crippen LogP contribution in [0.4, 0.5) is 0 Å². The Morgan fingerprint density at radius 1 is 1.60 bits per heavy atom. The summed E-state index contributed by atoms with van der Waals surface area (Å²) in [5.74, 6) is 0. The van der Waals surface area contributed by atoms with Crippen LogP contribution in [0.5, 0.6) is 0 Å². The molecular formula is C11H17ClN2O. The lowest BCUT2D eigenvalue weighted by Crippen LogP contribution is -2.21. The molecular weight excluding hydrogens is 212 g/mol. The Morgan fingerprint density at radius 2 is 2.40 bits per heavy atom. The van der Waals surface area contributed by atoms with E-state index in [0.29, 0.717) is 5.15 Å². The molecule has 4 heteroatoms. The molecule has 1 atom stereocenters. The fourth-order valence-corrected chi connectivity index (χ4v) is 1.65. The van der Waals surface area contributed by atoms with Crippen molar-refractivity contribution in [3.05, 3.63) is 29.0 Å². The van der Waals surface area contributed by atoms with E-state index >= 15 is 0 Å². The van der Waals surface area contributed by atoms with Gasteiger partial charge < -0.3 is 10.1 Å². The van der Waals surface area contributed by atoms with E-state index < -0.39 is 0 Å². The zero-order chi connectivity index (χ0) is 11.1. The molecule has 15 heavy (non-hydrogen) atoms. The van der Waals surface area contributed by atoms with E-state index in [-0.39, 0.29) is 6.04 Å². The first-order valence-electron chi connectivity index (χ1n) is 5.08. The molecule has 0 fully saturated rings. The minimum atomic E-state index is 0.225. The second-order valence-corrected chi connectivity index (χ2v) is 3.76. The average Bonchev–Trinajstić information content (AvgIpc) is 2.25. The van der Waals surface area contributed by atoms with Crippen molar-refractivity contribution in [1.82, 2.24) is 10.3 Å². The van der Waals surface area contributed by atoms with Gasteiger partial charge in [-0.25, -0.2) is 4.98 Å². The first-order valence-corrected chi connectivity index (χ1v) is 5.46. The van der Waals surface area contributed by atoms with Crippen molar-refractivity contribution >= 4 is 11.6 Å². The van der Waals surface area contributed by atoms with E-state index in [1.54, 1.807) is 13.3 Å². The summed E-state index contributed by atoms with van der Waals surface area (Å²) in [6.07, 6.45) is 2.70. The summed E-state index contributed by atoms with van der Waals surface area (Å²) in [5.41, 5.74) is 1.04. The Labute approximate surface area is 95.8 Å². The largest absolute Gasteiger partial charge is 0.385 e. The number of hydrogen-bond acceptors (Lipinski definition) is 3. The van der Waals surface area contributed by atoms with Crippen molar-refractivity contribution in [2.24, 2.45) is 0 Å². The van der Waals surface area contributed by atoms with Gasteiger partial charge in [0.15, 0.2) is 0 Å². The number of hydrogen-bond donors (Lipinski definition) is 1. The summed E-state index contributed by atoms with van der Waals surface area (Å²) in [4.78, 5) is 4.05. The third-order valence-corrected chi connectivity index (χ3v) is 2.55. The zero-order valence-corrected chi connectivity index (χ0v) is 9.92. The first kappa shape index (κ1) is 12.4. The highest BCUT2D eigenvalue weighted by Crippen LogP contribution is 2.19. The molecule has 1 aromatic heterocycles. The van der Waals surface area contributed by atoms with Gasteiger partial charge in [-0.1, -0.05) is 17.7 Å². The maximum absolute atomic E-state index is 5.98. The maximum Gasteiger partial charge on any atom is 0.133 e. The second kappa shape index (κ2) is 6.77. The lowest BCUT2D eigenvalue weighted by atomic mass is 10.1. The van der Waals surface area contributed by atoms with Gasteiger partial charge in [-0.15, -0.1) is 0 Å². The molecule has 1 N–H and O–H groups in total. The second-order valence-electron chi connectivity index (χ2n) is 3.41. The quantitative estimate of drug-likeness (QED) is 0.600. The summed E-state index contributed by atoms with van der Waals surface area (Å²) < 4.78 is 4.97. The zero-order valence-electron chi connectivity index (χ0n) is 9.16. The Balaban J connectivity index is 2.40. The van der Waals surface area contributed by atoms with Crippen LogP contribution in [0.15, 0.2) is 18.3 Å². The van der Waals surface area contributed by atoms with Crippen LogP contribution >= 0.6 is 11.6 Å². The molecule has 0 spiro atoms. The van der Waals surface area contributed by atoms with Crippen LogP contribution in [0.1, 0.15) is 24.9 Å². The van der Waals surface area contributed by atoms with Crippen LogP contribution < -0.4 is 5.32 Å². The van der Waals surface area contributed by atoms with Gasteiger partial charge in [0.05, 0.1) is 0 Å². The molecule has 0 saturated carbocycles. The molecule has 1 rings (SSSR count). The summed E-state index contributed by atoms with van der Waals surface area (Å²) in [6.45, 7) is 3.77. The van der Waals surface area contributed by atoms with Crippen LogP contribution in [-0.4, -0.2) is 25.2 Å². The molecule has 1 unspecified atom stereocenters. The number of methoxy groups -OCH3 is 1. The van der Waals surface area contributed by atoms with Gasteiger partial charge >= 0.3 is 0 Å². The van der Waals surface area contributed by atoms with Crippen LogP contribution in [0.25, 0.3) is 0 Å². The molecule has 1 aromatic rings. The fourth-order valence-electron chi connectivity index (χ4n) is 1.37. The maximum atomic E-state index is 5.98. The van der Waals surface area contributed by atoms with Crippen molar-refractivity contribution < 1.29 is 4.74 Å². The monoisotopic (exact) mass is 228 g/mol. The summed E-state index contributed by atoms with van der Waals surface area (Å²) in [7, 11) is 1.71. The van der Waals surface area contributed by atoms with E-state index in [9.17, 15) is 0 Å². The van der Waals surface area contributed by atoms with Gasteiger partial charge in [0.25, 0.3) is 0 Å². The number of nitrogens with one attached hydrogen (secondary N) is 1. The van der Waals surface area contributed by atoms with Gasteiger partial charge in [-0.05, 0) is 26.0 Å². The van der Waals surface area contributed by atoms with E-state index in [2.05, 4.69) is 17.2 Å². The van der Waals surface area contributed by atoms with Crippen LogP contribution in [0.2, 0.25) is 5.15 Å². The molecule has 1 heterocycles. The lowest BCUT2D eigenvalue weighted by Gasteiger charge is -2.14. The Bertz CT molecular complexity index is 294. The number of nitrogens with zero attached hydrogens (tertiary/aromatic N) is 1. The van der Waals surface area contributed by atoms with Crippen molar-refractivity contribution in [2.45, 2.75) is 19.4 Å². The summed E-state index contributed by atoms with van der Waals surface area (Å²) >= 11 is 5.98. The minimum Gasteiger partial charge on any atom is -0.385 e. The molecule has 0 saturated heterocycles. The van der Waals surface area contributed by atoms with Gasteiger partial charge in [0, 0.05) is 31.5 Å². The Kier molecular flexibility index (Phi) is 5.61. The molecule has 0 aliphatic rings. The van der Waals surface area contributed by atoms with Crippen molar-refractivity contribution in [1.29, 1.82) is 0 Å². The number of rotatable bonds is 6. The number of halogens is 1. The third kappa shape index (κ3) is 4.16. The SMILES string of the molecule is COCCCNC(C)c1cccnc1Cl. The van der Waals surface area contributed by atoms with E-state index in [1.165, 1.54) is 0 Å². The molecule has 0 bridgehead atoms. The Hall–Kier alpha value is -0.640. The van der Waals surface area contributed by atoms with Crippen molar-refractivity contribution in [3.63, 3.8) is 0 Å². The Morgan fingerprint density at radius 3 is 3.07 bits per heavy atom. The number of pyridine rings is 1. The highest BCUT2D eigenvalue weighted by Gasteiger charge is 2.08. The summed E-state index contributed by atoms with van der Waals surface area (Å²) in [5, 5.41) is 3.94. The minimum absolute atomic E-state index is 0.225. The molecule has 0 aliphatic heterocycles. The van der Waals surface area contributed by atoms with E-state index in [0.717, 1.165) is 25.1 Å². The van der Waals surface area contributed by atoms with Crippen molar-refractivity contribution in [2.75, 3.05) is 20.3 Å². The smallest absolute Gasteiger partial charge is 0.133 e. The average molecular weight is 229 g/mol.